The van der Waals surface area contributed by atoms with E-state index < -0.39 is 151 Å². The molecule has 0 saturated carbocycles. The molecule has 80 heavy (non-hydrogen) atoms. The topological polar surface area (TPSA) is 580 Å². The van der Waals surface area contributed by atoms with Crippen molar-refractivity contribution in [2.75, 3.05) is 39.3 Å². The van der Waals surface area contributed by atoms with Crippen molar-refractivity contribution in [2.45, 2.75) is 146 Å². The summed E-state index contributed by atoms with van der Waals surface area (Å²) in [5.41, 5.74) is 32.7. The van der Waals surface area contributed by atoms with Gasteiger partial charge in [0.15, 0.2) is 5.96 Å². The van der Waals surface area contributed by atoms with Gasteiger partial charge in [-0.15, -0.1) is 0 Å². The third kappa shape index (κ3) is 27.9. The smallest absolute Gasteiger partial charge is 0.289 e. The number of amides is 12. The van der Waals surface area contributed by atoms with Crippen LogP contribution in [-0.2, 0) is 52.7 Å². The van der Waals surface area contributed by atoms with Crippen LogP contribution in [0.3, 0.4) is 0 Å². The molecule has 1 rings (SSSR count). The van der Waals surface area contributed by atoms with Crippen LogP contribution in [0.5, 0.6) is 0 Å². The predicted molar refractivity (Wildman–Crippen MR) is 282 cm³/mol. The number of hydrogen-bond acceptors (Lipinski definition) is 20. The van der Waals surface area contributed by atoms with Crippen molar-refractivity contribution in [1.29, 1.82) is 0 Å². The Morgan fingerprint density at radius 1 is 0.550 bits per heavy atom. The molecule has 0 unspecified atom stereocenters. The maximum atomic E-state index is 14.2. The summed E-state index contributed by atoms with van der Waals surface area (Å²) in [6, 6.07) is -11.0. The number of aliphatic hydroxyl groups excluding tert-OH is 3. The van der Waals surface area contributed by atoms with E-state index in [1.54, 1.807) is 0 Å². The Kier molecular flexibility index (Phi) is 32.8. The first kappa shape index (κ1) is 69.8. The SMILES string of the molecule is C[C@H](NC(=O)[C@@H](NC(=O)[C@H](CCC(N)=O)NC(=O)[C@@H](N)CCCCN)[C@@H](C)O)C(=O)N[C@@H](CCCN=C(N)N)C(=O)N[C@@H](CCCCNC(=O)c1ncccn1)C(=O)N[C@@H](CO)C(=O)N[C@H](C(=O)NCC(=O)NCC(N)=O)[C@@H](C)O. The number of primary amides is 2. The van der Waals surface area contributed by atoms with E-state index in [0.717, 1.165) is 13.8 Å². The maximum Gasteiger partial charge on any atom is 0.289 e. The Hall–Kier alpha value is -8.21. The Morgan fingerprint density at radius 2 is 1.06 bits per heavy atom. The van der Waals surface area contributed by atoms with Crippen LogP contribution in [0, 0.1) is 0 Å². The van der Waals surface area contributed by atoms with Crippen molar-refractivity contribution in [3.8, 4) is 0 Å². The highest BCUT2D eigenvalue weighted by atomic mass is 16.3. The molecule has 12 amide bonds. The number of aromatic nitrogens is 2. The second-order valence-corrected chi connectivity index (χ2v) is 18.2. The Bertz CT molecular complexity index is 2270. The fourth-order valence-corrected chi connectivity index (χ4v) is 6.93. The molecule has 34 nitrogen and oxygen atoms in total. The number of aliphatic imine (C=N–C) groups is 1. The number of hydrogen-bond donors (Lipinski definition) is 19. The average Bonchev–Trinajstić information content (AvgIpc) is 3.40. The fraction of sp³-hybridized carbons (Fsp3) is 0.630. The second-order valence-electron chi connectivity index (χ2n) is 18.2. The van der Waals surface area contributed by atoms with Crippen LogP contribution in [0.1, 0.15) is 95.6 Å². The molecule has 1 aromatic heterocycles. The molecule has 34 heteroatoms. The van der Waals surface area contributed by atoms with E-state index in [9.17, 15) is 72.9 Å². The van der Waals surface area contributed by atoms with Crippen molar-refractivity contribution in [3.63, 3.8) is 0 Å². The number of carbonyl (C=O) groups is 12. The molecule has 0 fully saturated rings. The van der Waals surface area contributed by atoms with Crippen LogP contribution in [-0.4, -0.2) is 202 Å². The van der Waals surface area contributed by atoms with Crippen LogP contribution in [0.15, 0.2) is 23.5 Å². The van der Waals surface area contributed by atoms with Gasteiger partial charge in [-0.3, -0.25) is 62.5 Å². The van der Waals surface area contributed by atoms with E-state index in [2.05, 4.69) is 68.1 Å². The molecule has 1 aromatic rings. The van der Waals surface area contributed by atoms with Gasteiger partial charge in [0.05, 0.1) is 37.9 Å². The molecule has 0 aliphatic rings. The van der Waals surface area contributed by atoms with Gasteiger partial charge in [0.1, 0.15) is 42.3 Å². The standard InChI is InChI=1S/C46H79N19O15/c1-23(59-44(79)35(25(3)68)65-41(76)29(13-14-31(49)69)61-38(73)26(48)10-4-6-15-47)37(72)60-28(12-8-17-56-46(51)52)39(74)62-27(11-5-7-16-55-45(80)36-53-18-9-19-54-36)40(75)63-30(22-66)42(77)64-34(24(2)67)43(78)58-21-33(71)57-20-32(50)70/h9,18-19,23-30,34-35,66-68H,4-8,10-17,20-22,47-48H2,1-3H3,(H2,49,69)(H2,50,70)(H,55,80)(H,57,71)(H,58,78)(H,59,79)(H,60,72)(H,61,73)(H,62,74)(H,63,75)(H,64,77)(H,65,76)(H4,51,52,56)/t23-,24+,25+,26-,27-,28-,29-,30-,34-,35-/m0/s1. The fourth-order valence-electron chi connectivity index (χ4n) is 6.93. The molecular formula is C46H79N19O15. The molecule has 448 valence electrons. The lowest BCUT2D eigenvalue weighted by Crippen LogP contribution is -2.61. The molecule has 25 N–H and O–H groups in total. The Balaban J connectivity index is 3.42. The van der Waals surface area contributed by atoms with E-state index >= 15 is 0 Å². The van der Waals surface area contributed by atoms with E-state index in [1.165, 1.54) is 25.4 Å². The summed E-state index contributed by atoms with van der Waals surface area (Å²) in [7, 11) is 0. The van der Waals surface area contributed by atoms with Crippen LogP contribution >= 0.6 is 0 Å². The van der Waals surface area contributed by atoms with Crippen molar-refractivity contribution >= 4 is 76.8 Å². The van der Waals surface area contributed by atoms with Gasteiger partial charge in [-0.2, -0.15) is 0 Å². The van der Waals surface area contributed by atoms with Crippen molar-refractivity contribution in [3.05, 3.63) is 24.3 Å². The maximum absolute atomic E-state index is 14.2. The van der Waals surface area contributed by atoms with Gasteiger partial charge in [0.2, 0.25) is 70.8 Å². The zero-order valence-electron chi connectivity index (χ0n) is 44.9. The zero-order chi connectivity index (χ0) is 60.5. The van der Waals surface area contributed by atoms with E-state index in [1.807, 2.05) is 0 Å². The summed E-state index contributed by atoms with van der Waals surface area (Å²) < 4.78 is 0. The minimum absolute atomic E-state index is 0.0282. The number of guanidine groups is 1. The molecule has 0 aliphatic carbocycles. The van der Waals surface area contributed by atoms with Crippen molar-refractivity contribution in [1.82, 2.24) is 63.1 Å². The lowest BCUT2D eigenvalue weighted by atomic mass is 10.0. The summed E-state index contributed by atoms with van der Waals surface area (Å²) in [6.45, 7) is 1.42. The van der Waals surface area contributed by atoms with Gasteiger partial charge in [-0.05, 0) is 84.7 Å². The van der Waals surface area contributed by atoms with Gasteiger partial charge >= 0.3 is 0 Å². The highest BCUT2D eigenvalue weighted by Gasteiger charge is 2.35. The molecule has 0 spiro atoms. The molecule has 0 saturated heterocycles. The molecule has 0 radical (unpaired) electrons. The molecule has 0 aromatic carbocycles. The first-order chi connectivity index (χ1) is 37.7. The van der Waals surface area contributed by atoms with Gasteiger partial charge in [0, 0.05) is 31.9 Å². The molecule has 0 aliphatic heterocycles. The van der Waals surface area contributed by atoms with Crippen LogP contribution < -0.4 is 87.6 Å². The number of nitrogens with one attached hydrogen (secondary N) is 10. The number of aliphatic hydroxyl groups is 3. The van der Waals surface area contributed by atoms with Crippen LogP contribution in [0.2, 0.25) is 0 Å². The highest BCUT2D eigenvalue weighted by Crippen LogP contribution is 2.09. The number of unbranched alkanes of at least 4 members (excludes halogenated alkanes) is 2. The Labute approximate surface area is 460 Å². The molecule has 1 heterocycles. The monoisotopic (exact) mass is 1140 g/mol. The summed E-state index contributed by atoms with van der Waals surface area (Å²) in [6.07, 6.45) is -0.0413. The minimum Gasteiger partial charge on any atom is -0.394 e. The average molecular weight is 1140 g/mol. The van der Waals surface area contributed by atoms with Crippen molar-refractivity contribution in [2.24, 2.45) is 39.4 Å². The first-order valence-corrected chi connectivity index (χ1v) is 25.5. The molecule has 10 atom stereocenters. The third-order valence-corrected chi connectivity index (χ3v) is 11.4. The largest absolute Gasteiger partial charge is 0.394 e. The molecular weight excluding hydrogens is 1060 g/mol. The second kappa shape index (κ2) is 37.6. The van der Waals surface area contributed by atoms with E-state index in [-0.39, 0.29) is 76.2 Å². The van der Waals surface area contributed by atoms with E-state index in [0.29, 0.717) is 19.4 Å². The normalized spacial score (nSPS) is 14.6. The lowest BCUT2D eigenvalue weighted by molar-refractivity contribution is -0.137. The summed E-state index contributed by atoms with van der Waals surface area (Å²) in [4.78, 5) is 167. The van der Waals surface area contributed by atoms with E-state index in [4.69, 9.17) is 34.4 Å². The minimum atomic E-state index is -1.84. The summed E-state index contributed by atoms with van der Waals surface area (Å²) >= 11 is 0. The third-order valence-electron chi connectivity index (χ3n) is 11.4. The summed E-state index contributed by atoms with van der Waals surface area (Å²) in [5.74, 6) is -11.9. The van der Waals surface area contributed by atoms with Crippen LogP contribution in [0.25, 0.3) is 0 Å². The Morgan fingerprint density at radius 3 is 1.61 bits per heavy atom. The van der Waals surface area contributed by atoms with Gasteiger partial charge in [-0.1, -0.05) is 6.42 Å². The number of rotatable bonds is 39. The van der Waals surface area contributed by atoms with Gasteiger partial charge < -0.3 is 103 Å². The quantitative estimate of drug-likeness (QED) is 0.0165. The molecule has 0 bridgehead atoms. The number of nitrogens with two attached hydrogens (primary N) is 6. The lowest BCUT2D eigenvalue weighted by Gasteiger charge is -2.28. The highest BCUT2D eigenvalue weighted by molar-refractivity contribution is 5.98. The van der Waals surface area contributed by atoms with Gasteiger partial charge in [-0.25, -0.2) is 9.97 Å². The van der Waals surface area contributed by atoms with Gasteiger partial charge in [0.25, 0.3) is 5.91 Å². The predicted octanol–water partition coefficient (Wildman–Crippen LogP) is -9.96. The zero-order valence-corrected chi connectivity index (χ0v) is 44.9. The number of carbonyl (C=O) groups excluding carboxylic acids is 12. The van der Waals surface area contributed by atoms with Crippen molar-refractivity contribution < 1.29 is 72.9 Å². The summed E-state index contributed by atoms with van der Waals surface area (Å²) in [5, 5.41) is 54.5. The van der Waals surface area contributed by atoms with Crippen LogP contribution in [0.4, 0.5) is 0 Å². The first-order valence-electron chi connectivity index (χ1n) is 25.5. The number of nitrogens with zero attached hydrogens (tertiary/aromatic N) is 3.